The van der Waals surface area contributed by atoms with Crippen molar-refractivity contribution in [2.45, 2.75) is 25.8 Å². The molecule has 0 saturated carbocycles. The first-order valence-electron chi connectivity index (χ1n) is 4.26. The van der Waals surface area contributed by atoms with Crippen LogP contribution in [0.2, 0.25) is 0 Å². The lowest BCUT2D eigenvalue weighted by Gasteiger charge is -2.12. The van der Waals surface area contributed by atoms with Crippen molar-refractivity contribution in [3.8, 4) is 0 Å². The minimum absolute atomic E-state index is 0.0616. The zero-order chi connectivity index (χ0) is 11.2. The predicted molar refractivity (Wildman–Crippen MR) is 53.5 cm³/mol. The Morgan fingerprint density at radius 3 is 2.57 bits per heavy atom. The molecule has 14 heavy (non-hydrogen) atoms. The van der Waals surface area contributed by atoms with Gasteiger partial charge in [-0.25, -0.2) is 13.1 Å². The average molecular weight is 221 g/mol. The lowest BCUT2D eigenvalue weighted by molar-refractivity contribution is -0.138. The fraction of sp³-hybridized carbons (Fsp3) is 0.625. The van der Waals surface area contributed by atoms with E-state index in [1.165, 1.54) is 6.08 Å². The Bertz CT molecular complexity index is 296. The van der Waals surface area contributed by atoms with Crippen LogP contribution in [0.1, 0.15) is 19.8 Å². The Kier molecular flexibility index (Phi) is 5.40. The van der Waals surface area contributed by atoms with Crippen LogP contribution in [0.5, 0.6) is 0 Å². The van der Waals surface area contributed by atoms with Crippen LogP contribution in [0, 0.1) is 0 Å². The quantitative estimate of drug-likeness (QED) is 0.607. The molecule has 82 valence electrons. The van der Waals surface area contributed by atoms with Gasteiger partial charge in [-0.1, -0.05) is 13.0 Å². The van der Waals surface area contributed by atoms with Gasteiger partial charge in [0.25, 0.3) is 0 Å². The van der Waals surface area contributed by atoms with E-state index in [4.69, 9.17) is 5.11 Å². The van der Waals surface area contributed by atoms with Crippen LogP contribution >= 0.6 is 0 Å². The zero-order valence-corrected chi connectivity index (χ0v) is 8.88. The lowest BCUT2D eigenvalue weighted by atomic mass is 10.2. The third-order valence-corrected chi connectivity index (χ3v) is 3.08. The highest BCUT2D eigenvalue weighted by atomic mass is 32.2. The van der Waals surface area contributed by atoms with E-state index in [9.17, 15) is 13.2 Å². The fourth-order valence-corrected chi connectivity index (χ4v) is 2.20. The van der Waals surface area contributed by atoms with Crippen LogP contribution in [0.15, 0.2) is 12.7 Å². The zero-order valence-electron chi connectivity index (χ0n) is 8.06. The maximum Gasteiger partial charge on any atom is 0.322 e. The van der Waals surface area contributed by atoms with Crippen LogP contribution in [0.4, 0.5) is 0 Å². The van der Waals surface area contributed by atoms with Crippen molar-refractivity contribution in [2.24, 2.45) is 0 Å². The molecule has 0 bridgehead atoms. The smallest absolute Gasteiger partial charge is 0.322 e. The highest BCUT2D eigenvalue weighted by molar-refractivity contribution is 7.89. The van der Waals surface area contributed by atoms with Gasteiger partial charge in [0.1, 0.15) is 6.04 Å². The van der Waals surface area contributed by atoms with E-state index in [-0.39, 0.29) is 12.2 Å². The van der Waals surface area contributed by atoms with Crippen molar-refractivity contribution >= 4 is 16.0 Å². The number of carboxylic acids is 1. The summed E-state index contributed by atoms with van der Waals surface area (Å²) in [6, 6.07) is -1.11. The molecule has 1 atom stereocenters. The molecule has 0 radical (unpaired) electrons. The molecule has 0 aliphatic rings. The first-order valence-corrected chi connectivity index (χ1v) is 5.92. The topological polar surface area (TPSA) is 83.5 Å². The van der Waals surface area contributed by atoms with Gasteiger partial charge in [-0.05, 0) is 12.8 Å². The van der Waals surface area contributed by atoms with Crippen molar-refractivity contribution < 1.29 is 18.3 Å². The Morgan fingerprint density at radius 1 is 1.64 bits per heavy atom. The molecule has 0 aliphatic carbocycles. The summed E-state index contributed by atoms with van der Waals surface area (Å²) < 4.78 is 24.5. The van der Waals surface area contributed by atoms with Crippen molar-refractivity contribution in [1.82, 2.24) is 4.72 Å². The molecule has 0 aliphatic heterocycles. The summed E-state index contributed by atoms with van der Waals surface area (Å²) in [5.41, 5.74) is 0. The van der Waals surface area contributed by atoms with Crippen molar-refractivity contribution in [3.63, 3.8) is 0 Å². The maximum atomic E-state index is 11.2. The molecule has 0 amide bonds. The Labute approximate surface area is 83.9 Å². The minimum atomic E-state index is -3.48. The summed E-state index contributed by atoms with van der Waals surface area (Å²) >= 11 is 0. The molecular weight excluding hydrogens is 206 g/mol. The van der Waals surface area contributed by atoms with Crippen LogP contribution < -0.4 is 4.72 Å². The van der Waals surface area contributed by atoms with E-state index in [2.05, 4.69) is 11.3 Å². The molecule has 0 spiro atoms. The molecule has 0 rings (SSSR count). The molecule has 0 aromatic carbocycles. The molecule has 0 saturated heterocycles. The number of carbonyl (C=O) groups is 1. The number of rotatable bonds is 7. The van der Waals surface area contributed by atoms with E-state index in [1.807, 2.05) is 0 Å². The van der Waals surface area contributed by atoms with E-state index in [1.54, 1.807) is 6.92 Å². The van der Waals surface area contributed by atoms with Crippen molar-refractivity contribution in [1.29, 1.82) is 0 Å². The number of hydrogen-bond acceptors (Lipinski definition) is 3. The molecular formula is C8H15NO4S. The molecule has 2 N–H and O–H groups in total. The van der Waals surface area contributed by atoms with Crippen molar-refractivity contribution in [2.75, 3.05) is 5.75 Å². The molecule has 0 heterocycles. The van der Waals surface area contributed by atoms with Gasteiger partial charge in [0.15, 0.2) is 0 Å². The number of nitrogens with one attached hydrogen (secondary N) is 1. The number of aliphatic carboxylic acids is 1. The fourth-order valence-electron chi connectivity index (χ4n) is 0.910. The Hall–Kier alpha value is -0.880. The molecule has 0 aromatic heterocycles. The standard InChI is InChI=1S/C8H15NO4S/c1-3-5-7(8(10)11)9-14(12,13)6-4-2/h3,7,9H,1,4-6H2,2H3,(H,10,11)/t7-/m0/s1. The molecule has 0 unspecified atom stereocenters. The number of carboxylic acid groups (broad SMARTS) is 1. The normalized spacial score (nSPS) is 13.5. The average Bonchev–Trinajstić information content (AvgIpc) is 2.02. The first-order chi connectivity index (χ1) is 6.43. The largest absolute Gasteiger partial charge is 0.480 e. The van der Waals surface area contributed by atoms with Gasteiger partial charge in [0.05, 0.1) is 5.75 Å². The van der Waals surface area contributed by atoms with Crippen molar-refractivity contribution in [3.05, 3.63) is 12.7 Å². The maximum absolute atomic E-state index is 11.2. The second kappa shape index (κ2) is 5.77. The summed E-state index contributed by atoms with van der Waals surface area (Å²) in [5, 5.41) is 8.66. The van der Waals surface area contributed by atoms with Crippen LogP contribution in [-0.4, -0.2) is 31.3 Å². The Balaban J connectivity index is 4.43. The molecule has 0 aromatic rings. The second-order valence-electron chi connectivity index (χ2n) is 2.85. The molecule has 6 heteroatoms. The van der Waals surface area contributed by atoms with E-state index >= 15 is 0 Å². The van der Waals surface area contributed by atoms with Crippen LogP contribution in [0.25, 0.3) is 0 Å². The Morgan fingerprint density at radius 2 is 2.21 bits per heavy atom. The van der Waals surface area contributed by atoms with Crippen LogP contribution in [0.3, 0.4) is 0 Å². The minimum Gasteiger partial charge on any atom is -0.480 e. The third-order valence-electron chi connectivity index (χ3n) is 1.50. The van der Waals surface area contributed by atoms with Crippen LogP contribution in [-0.2, 0) is 14.8 Å². The summed E-state index contributed by atoms with van der Waals surface area (Å²) in [6.45, 7) is 5.07. The van der Waals surface area contributed by atoms with Gasteiger partial charge in [-0.2, -0.15) is 0 Å². The van der Waals surface area contributed by atoms with E-state index in [0.29, 0.717) is 6.42 Å². The van der Waals surface area contributed by atoms with Gasteiger partial charge in [0, 0.05) is 0 Å². The third kappa shape index (κ3) is 4.98. The van der Waals surface area contributed by atoms with Gasteiger partial charge >= 0.3 is 5.97 Å². The molecule has 5 nitrogen and oxygen atoms in total. The van der Waals surface area contributed by atoms with Gasteiger partial charge in [-0.3, -0.25) is 4.79 Å². The van der Waals surface area contributed by atoms with E-state index in [0.717, 1.165) is 0 Å². The second-order valence-corrected chi connectivity index (χ2v) is 4.73. The predicted octanol–water partition coefficient (Wildman–Crippen LogP) is 0.345. The highest BCUT2D eigenvalue weighted by Crippen LogP contribution is 1.98. The summed E-state index contributed by atoms with van der Waals surface area (Å²) in [6.07, 6.45) is 1.90. The number of hydrogen-bond donors (Lipinski definition) is 2. The lowest BCUT2D eigenvalue weighted by Crippen LogP contribution is -2.41. The first kappa shape index (κ1) is 13.1. The SMILES string of the molecule is C=CC[C@H](NS(=O)(=O)CCC)C(=O)O. The highest BCUT2D eigenvalue weighted by Gasteiger charge is 2.21. The monoisotopic (exact) mass is 221 g/mol. The summed E-state index contributed by atoms with van der Waals surface area (Å²) in [5.74, 6) is -1.25. The summed E-state index contributed by atoms with van der Waals surface area (Å²) in [4.78, 5) is 10.6. The van der Waals surface area contributed by atoms with E-state index < -0.39 is 22.0 Å². The van der Waals surface area contributed by atoms with Gasteiger partial charge in [0.2, 0.25) is 10.0 Å². The number of sulfonamides is 1. The van der Waals surface area contributed by atoms with Gasteiger partial charge in [-0.15, -0.1) is 6.58 Å². The molecule has 0 fully saturated rings. The van der Waals surface area contributed by atoms with Gasteiger partial charge < -0.3 is 5.11 Å². The summed E-state index contributed by atoms with van der Waals surface area (Å²) in [7, 11) is -3.48.